The van der Waals surface area contributed by atoms with E-state index in [2.05, 4.69) is 4.74 Å². The van der Waals surface area contributed by atoms with Gasteiger partial charge in [0.25, 0.3) is 0 Å². The predicted octanol–water partition coefficient (Wildman–Crippen LogP) is 0.155. The fraction of sp³-hybridized carbons (Fsp3) is 0.714. The molecule has 0 radical (unpaired) electrons. The third-order valence-corrected chi connectivity index (χ3v) is 1.28. The molecule has 0 aromatic rings. The van der Waals surface area contributed by atoms with Crippen molar-refractivity contribution in [3.05, 3.63) is 0 Å². The summed E-state index contributed by atoms with van der Waals surface area (Å²) in [5.74, 6) is -2.19. The molecule has 0 saturated carbocycles. The van der Waals surface area contributed by atoms with Crippen molar-refractivity contribution in [1.29, 1.82) is 0 Å². The van der Waals surface area contributed by atoms with Crippen LogP contribution in [-0.4, -0.2) is 42.4 Å². The van der Waals surface area contributed by atoms with E-state index >= 15 is 0 Å². The molecule has 5 nitrogen and oxygen atoms in total. The molecule has 2 N–H and O–H groups in total. The van der Waals surface area contributed by atoms with E-state index in [1.807, 2.05) is 5.32 Å². The number of hydrogen-bond donors (Lipinski definition) is 2. The van der Waals surface area contributed by atoms with Gasteiger partial charge in [-0.2, -0.15) is 13.2 Å². The van der Waals surface area contributed by atoms with Gasteiger partial charge < -0.3 is 15.2 Å². The Morgan fingerprint density at radius 2 is 2.00 bits per heavy atom. The van der Waals surface area contributed by atoms with Crippen LogP contribution < -0.4 is 5.32 Å². The van der Waals surface area contributed by atoms with E-state index in [4.69, 9.17) is 5.11 Å². The molecule has 0 bridgehead atoms. The van der Waals surface area contributed by atoms with E-state index in [1.54, 1.807) is 0 Å². The number of carboxylic acid groups (broad SMARTS) is 1. The smallest absolute Gasteiger partial charge is 0.411 e. The number of hydrogen-bond acceptors (Lipinski definition) is 3. The average molecular weight is 229 g/mol. The number of amides is 1. The molecule has 0 aromatic carbocycles. The first-order valence-corrected chi connectivity index (χ1v) is 3.90. The molecular weight excluding hydrogens is 219 g/mol. The van der Waals surface area contributed by atoms with Crippen LogP contribution in [0.15, 0.2) is 0 Å². The summed E-state index contributed by atoms with van der Waals surface area (Å²) >= 11 is 0. The lowest BCUT2D eigenvalue weighted by Crippen LogP contribution is -2.38. The fourth-order valence-corrected chi connectivity index (χ4v) is 0.602. The van der Waals surface area contributed by atoms with Crippen molar-refractivity contribution in [3.8, 4) is 0 Å². The van der Waals surface area contributed by atoms with Crippen LogP contribution in [0.1, 0.15) is 6.92 Å². The Kier molecular flexibility index (Phi) is 5.06. The highest BCUT2D eigenvalue weighted by Crippen LogP contribution is 2.15. The van der Waals surface area contributed by atoms with Gasteiger partial charge in [0.05, 0.1) is 0 Å². The van der Waals surface area contributed by atoms with Crippen LogP contribution in [0.3, 0.4) is 0 Å². The lowest BCUT2D eigenvalue weighted by atomic mass is 10.3. The largest absolute Gasteiger partial charge is 0.480 e. The van der Waals surface area contributed by atoms with E-state index in [0.717, 1.165) is 6.92 Å². The number of carboxylic acids is 1. The molecule has 0 aliphatic carbocycles. The number of aliphatic carboxylic acids is 1. The topological polar surface area (TPSA) is 75.6 Å². The van der Waals surface area contributed by atoms with Crippen molar-refractivity contribution in [2.75, 3.05) is 13.2 Å². The SMILES string of the molecule is CC(OCC(F)(F)F)C(=O)NCC(=O)O. The van der Waals surface area contributed by atoms with Crippen molar-refractivity contribution < 1.29 is 32.6 Å². The van der Waals surface area contributed by atoms with Gasteiger partial charge >= 0.3 is 12.1 Å². The number of alkyl halides is 3. The summed E-state index contributed by atoms with van der Waals surface area (Å²) in [6.45, 7) is -1.10. The third-order valence-electron chi connectivity index (χ3n) is 1.28. The Bertz CT molecular complexity index is 241. The van der Waals surface area contributed by atoms with Crippen molar-refractivity contribution in [2.24, 2.45) is 0 Å². The van der Waals surface area contributed by atoms with Gasteiger partial charge in [-0.15, -0.1) is 0 Å². The van der Waals surface area contributed by atoms with Gasteiger partial charge in [0.1, 0.15) is 19.3 Å². The first-order valence-electron chi connectivity index (χ1n) is 3.90. The predicted molar refractivity (Wildman–Crippen MR) is 42.1 cm³/mol. The molecule has 0 aliphatic rings. The minimum absolute atomic E-state index is 0.654. The average Bonchev–Trinajstić information content (AvgIpc) is 2.08. The highest BCUT2D eigenvalue weighted by atomic mass is 19.4. The fourth-order valence-electron chi connectivity index (χ4n) is 0.602. The van der Waals surface area contributed by atoms with Gasteiger partial charge in [0.15, 0.2) is 0 Å². The van der Waals surface area contributed by atoms with E-state index in [0.29, 0.717) is 0 Å². The maximum atomic E-state index is 11.6. The monoisotopic (exact) mass is 229 g/mol. The molecule has 0 spiro atoms. The minimum Gasteiger partial charge on any atom is -0.480 e. The summed E-state index contributed by atoms with van der Waals surface area (Å²) in [5.41, 5.74) is 0. The van der Waals surface area contributed by atoms with E-state index in [-0.39, 0.29) is 0 Å². The third kappa shape index (κ3) is 7.74. The molecule has 1 amide bonds. The summed E-state index contributed by atoms with van der Waals surface area (Å²) in [5, 5.41) is 10.1. The number of nitrogens with one attached hydrogen (secondary N) is 1. The normalized spacial score (nSPS) is 13.3. The van der Waals surface area contributed by atoms with Crippen molar-refractivity contribution in [2.45, 2.75) is 19.2 Å². The van der Waals surface area contributed by atoms with E-state index in [1.165, 1.54) is 0 Å². The number of carbonyl (C=O) groups excluding carboxylic acids is 1. The lowest BCUT2D eigenvalue weighted by molar-refractivity contribution is -0.185. The van der Waals surface area contributed by atoms with Crippen molar-refractivity contribution in [1.82, 2.24) is 5.32 Å². The molecular formula is C7H10F3NO4. The molecule has 0 rings (SSSR count). The maximum Gasteiger partial charge on any atom is 0.411 e. The second kappa shape index (κ2) is 5.54. The highest BCUT2D eigenvalue weighted by molar-refractivity contribution is 5.84. The van der Waals surface area contributed by atoms with E-state index < -0.39 is 37.3 Å². The summed E-state index contributed by atoms with van der Waals surface area (Å²) in [4.78, 5) is 20.9. The Balaban J connectivity index is 3.84. The molecule has 1 atom stereocenters. The summed E-state index contributed by atoms with van der Waals surface area (Å²) in [6, 6.07) is 0. The van der Waals surface area contributed by atoms with Gasteiger partial charge in [-0.05, 0) is 6.92 Å². The van der Waals surface area contributed by atoms with Gasteiger partial charge in [0.2, 0.25) is 5.91 Å². The molecule has 0 heterocycles. The van der Waals surface area contributed by atoms with Crippen LogP contribution >= 0.6 is 0 Å². The van der Waals surface area contributed by atoms with Crippen LogP contribution in [0.4, 0.5) is 13.2 Å². The van der Waals surface area contributed by atoms with Gasteiger partial charge in [0, 0.05) is 0 Å². The van der Waals surface area contributed by atoms with Gasteiger partial charge in [-0.1, -0.05) is 0 Å². The second-order valence-corrected chi connectivity index (χ2v) is 2.68. The van der Waals surface area contributed by atoms with E-state index in [9.17, 15) is 22.8 Å². The molecule has 0 aliphatic heterocycles. The zero-order valence-electron chi connectivity index (χ0n) is 7.80. The Morgan fingerprint density at radius 3 is 2.40 bits per heavy atom. The van der Waals surface area contributed by atoms with Crippen molar-refractivity contribution in [3.63, 3.8) is 0 Å². The van der Waals surface area contributed by atoms with Crippen LogP contribution in [0.25, 0.3) is 0 Å². The molecule has 1 unspecified atom stereocenters. The first-order chi connectivity index (χ1) is 6.72. The molecule has 0 fully saturated rings. The van der Waals surface area contributed by atoms with Gasteiger partial charge in [-0.25, -0.2) is 0 Å². The number of ether oxygens (including phenoxy) is 1. The first kappa shape index (κ1) is 13.7. The Morgan fingerprint density at radius 1 is 1.47 bits per heavy atom. The summed E-state index contributed by atoms with van der Waals surface area (Å²) < 4.78 is 39.1. The maximum absolute atomic E-state index is 11.6. The summed E-state index contributed by atoms with van der Waals surface area (Å²) in [6.07, 6.45) is -5.85. The Labute approximate surface area is 83.2 Å². The highest BCUT2D eigenvalue weighted by Gasteiger charge is 2.29. The standard InChI is InChI=1S/C7H10F3NO4/c1-4(15-3-7(8,9)10)6(14)11-2-5(12)13/h4H,2-3H2,1H3,(H,11,14)(H,12,13). The van der Waals surface area contributed by atoms with Crippen LogP contribution in [0, 0.1) is 0 Å². The second-order valence-electron chi connectivity index (χ2n) is 2.68. The van der Waals surface area contributed by atoms with Crippen molar-refractivity contribution >= 4 is 11.9 Å². The Hall–Kier alpha value is -1.31. The van der Waals surface area contributed by atoms with Crippen LogP contribution in [-0.2, 0) is 14.3 Å². The zero-order chi connectivity index (χ0) is 12.1. The number of rotatable bonds is 5. The molecule has 15 heavy (non-hydrogen) atoms. The number of halogens is 3. The van der Waals surface area contributed by atoms with Crippen LogP contribution in [0.2, 0.25) is 0 Å². The molecule has 0 aromatic heterocycles. The molecule has 8 heteroatoms. The quantitative estimate of drug-likeness (QED) is 0.703. The lowest BCUT2D eigenvalue weighted by Gasteiger charge is -2.13. The molecule has 0 saturated heterocycles. The summed E-state index contributed by atoms with van der Waals surface area (Å²) in [7, 11) is 0. The molecule has 88 valence electrons. The zero-order valence-corrected chi connectivity index (χ0v) is 7.80. The number of carbonyl (C=O) groups is 2. The van der Waals surface area contributed by atoms with Gasteiger partial charge in [-0.3, -0.25) is 9.59 Å². The van der Waals surface area contributed by atoms with Crippen LogP contribution in [0.5, 0.6) is 0 Å². The minimum atomic E-state index is -4.51.